The van der Waals surface area contributed by atoms with Crippen molar-refractivity contribution >= 4 is 28.6 Å². The highest BCUT2D eigenvalue weighted by atomic mass is 35.5. The van der Waals surface area contributed by atoms with Gasteiger partial charge in [-0.15, -0.1) is 0 Å². The summed E-state index contributed by atoms with van der Waals surface area (Å²) in [6, 6.07) is 9.55. The summed E-state index contributed by atoms with van der Waals surface area (Å²) in [5.41, 5.74) is 10.0. The first-order valence-electron chi connectivity index (χ1n) is 5.03. The van der Waals surface area contributed by atoms with Gasteiger partial charge in [0.1, 0.15) is 5.15 Å². The summed E-state index contributed by atoms with van der Waals surface area (Å²) >= 11 is 5.81. The van der Waals surface area contributed by atoms with Crippen LogP contribution in [0.3, 0.4) is 0 Å². The number of rotatable bonds is 3. The van der Waals surface area contributed by atoms with Crippen LogP contribution in [0.15, 0.2) is 41.5 Å². The Labute approximate surface area is 103 Å². The molecule has 0 amide bonds. The first kappa shape index (κ1) is 11.5. The van der Waals surface area contributed by atoms with E-state index in [1.165, 1.54) is 0 Å². The topological polar surface area (TPSA) is 61.7 Å². The van der Waals surface area contributed by atoms with E-state index in [0.717, 1.165) is 16.5 Å². The number of azide groups is 1. The molecule has 84 valence electrons. The number of benzene rings is 1. The Morgan fingerprint density at radius 1 is 1.35 bits per heavy atom. The molecule has 0 unspecified atom stereocenters. The Kier molecular flexibility index (Phi) is 3.60. The molecule has 2 aromatic rings. The average molecular weight is 245 g/mol. The largest absolute Gasteiger partial charge is 0.236 e. The summed E-state index contributed by atoms with van der Waals surface area (Å²) in [4.78, 5) is 6.88. The molecular formula is C12H9ClN4. The summed E-state index contributed by atoms with van der Waals surface area (Å²) in [5.74, 6) is 0. The molecule has 0 fully saturated rings. The molecule has 0 saturated heterocycles. The fourth-order valence-electron chi connectivity index (χ4n) is 1.50. The van der Waals surface area contributed by atoms with Crippen molar-refractivity contribution in [3.05, 3.63) is 57.6 Å². The highest BCUT2D eigenvalue weighted by Gasteiger charge is 1.96. The SMILES string of the molecule is [N-]=[N+]=NCC=Cc1ccc2nc(Cl)ccc2c1. The predicted molar refractivity (Wildman–Crippen MR) is 69.8 cm³/mol. The van der Waals surface area contributed by atoms with Gasteiger partial charge in [0.05, 0.1) is 5.52 Å². The number of fused-ring (bicyclic) bond motifs is 1. The van der Waals surface area contributed by atoms with Crippen LogP contribution in [0.25, 0.3) is 27.4 Å². The molecule has 1 heterocycles. The minimum atomic E-state index is 0.355. The third-order valence-electron chi connectivity index (χ3n) is 2.24. The van der Waals surface area contributed by atoms with Gasteiger partial charge in [0.25, 0.3) is 0 Å². The lowest BCUT2D eigenvalue weighted by Crippen LogP contribution is -1.81. The Bertz CT molecular complexity index is 615. The molecule has 0 spiro atoms. The van der Waals surface area contributed by atoms with E-state index in [1.54, 1.807) is 6.07 Å². The third kappa shape index (κ3) is 2.97. The smallest absolute Gasteiger partial charge is 0.129 e. The van der Waals surface area contributed by atoms with Gasteiger partial charge < -0.3 is 0 Å². The second-order valence-corrected chi connectivity index (χ2v) is 3.79. The minimum absolute atomic E-state index is 0.355. The zero-order chi connectivity index (χ0) is 12.1. The second-order valence-electron chi connectivity index (χ2n) is 3.40. The van der Waals surface area contributed by atoms with Crippen LogP contribution >= 0.6 is 11.6 Å². The first-order chi connectivity index (χ1) is 8.29. The lowest BCUT2D eigenvalue weighted by atomic mass is 10.1. The summed E-state index contributed by atoms with van der Waals surface area (Å²) in [5, 5.41) is 4.94. The van der Waals surface area contributed by atoms with Crippen LogP contribution in [0, 0.1) is 0 Å². The molecule has 0 saturated carbocycles. The van der Waals surface area contributed by atoms with Crippen LogP contribution in [0.5, 0.6) is 0 Å². The van der Waals surface area contributed by atoms with Gasteiger partial charge in [0.15, 0.2) is 0 Å². The molecule has 0 aliphatic carbocycles. The van der Waals surface area contributed by atoms with E-state index < -0.39 is 0 Å². The summed E-state index contributed by atoms with van der Waals surface area (Å²) in [6.07, 6.45) is 3.72. The standard InChI is InChI=1S/C12H9ClN4/c13-12-6-4-10-8-9(2-1-7-15-17-14)3-5-11(10)16-12/h1-6,8H,7H2. The molecule has 0 atom stereocenters. The van der Waals surface area contributed by atoms with E-state index >= 15 is 0 Å². The molecule has 0 aliphatic rings. The van der Waals surface area contributed by atoms with Crippen molar-refractivity contribution in [2.75, 3.05) is 6.54 Å². The van der Waals surface area contributed by atoms with Crippen molar-refractivity contribution in [2.24, 2.45) is 5.11 Å². The summed E-state index contributed by atoms with van der Waals surface area (Å²) in [7, 11) is 0. The molecular weight excluding hydrogens is 236 g/mol. The second kappa shape index (κ2) is 5.34. The molecule has 1 aromatic heterocycles. The van der Waals surface area contributed by atoms with E-state index in [0.29, 0.717) is 11.7 Å². The van der Waals surface area contributed by atoms with Crippen LogP contribution in [0.4, 0.5) is 0 Å². The molecule has 4 nitrogen and oxygen atoms in total. The average Bonchev–Trinajstić information content (AvgIpc) is 2.35. The summed E-state index contributed by atoms with van der Waals surface area (Å²) < 4.78 is 0. The Morgan fingerprint density at radius 2 is 2.24 bits per heavy atom. The van der Waals surface area contributed by atoms with Crippen molar-refractivity contribution in [2.45, 2.75) is 0 Å². The van der Waals surface area contributed by atoms with Crippen LogP contribution in [0.1, 0.15) is 5.56 Å². The van der Waals surface area contributed by atoms with Crippen LogP contribution in [0.2, 0.25) is 5.15 Å². The Morgan fingerprint density at radius 3 is 3.06 bits per heavy atom. The predicted octanol–water partition coefficient (Wildman–Crippen LogP) is 4.21. The van der Waals surface area contributed by atoms with Gasteiger partial charge in [-0.2, -0.15) is 0 Å². The minimum Gasteiger partial charge on any atom is -0.236 e. The van der Waals surface area contributed by atoms with Gasteiger partial charge in [-0.3, -0.25) is 0 Å². The monoisotopic (exact) mass is 244 g/mol. The van der Waals surface area contributed by atoms with Gasteiger partial charge in [0.2, 0.25) is 0 Å². The van der Waals surface area contributed by atoms with Crippen molar-refractivity contribution in [3.8, 4) is 0 Å². The van der Waals surface area contributed by atoms with Gasteiger partial charge in [-0.05, 0) is 35.4 Å². The zero-order valence-corrected chi connectivity index (χ0v) is 9.67. The van der Waals surface area contributed by atoms with Gasteiger partial charge in [-0.25, -0.2) is 4.98 Å². The highest BCUT2D eigenvalue weighted by Crippen LogP contribution is 2.17. The number of pyridine rings is 1. The fourth-order valence-corrected chi connectivity index (χ4v) is 1.65. The number of aromatic nitrogens is 1. The lowest BCUT2D eigenvalue weighted by Gasteiger charge is -1.99. The van der Waals surface area contributed by atoms with Crippen LogP contribution in [-0.4, -0.2) is 11.5 Å². The van der Waals surface area contributed by atoms with Crippen molar-refractivity contribution in [1.29, 1.82) is 0 Å². The zero-order valence-electron chi connectivity index (χ0n) is 8.92. The highest BCUT2D eigenvalue weighted by molar-refractivity contribution is 6.29. The van der Waals surface area contributed by atoms with Crippen molar-refractivity contribution in [1.82, 2.24) is 4.98 Å². The van der Waals surface area contributed by atoms with Gasteiger partial charge in [0, 0.05) is 16.8 Å². The number of nitrogens with zero attached hydrogens (tertiary/aromatic N) is 4. The molecule has 2 rings (SSSR count). The Balaban J connectivity index is 2.28. The quantitative estimate of drug-likeness (QED) is 0.345. The fraction of sp³-hybridized carbons (Fsp3) is 0.0833. The molecule has 17 heavy (non-hydrogen) atoms. The number of hydrogen-bond acceptors (Lipinski definition) is 2. The van der Waals surface area contributed by atoms with Crippen LogP contribution < -0.4 is 0 Å². The van der Waals surface area contributed by atoms with E-state index in [-0.39, 0.29) is 0 Å². The molecule has 1 aromatic carbocycles. The summed E-state index contributed by atoms with van der Waals surface area (Å²) in [6.45, 7) is 0.355. The molecule has 0 bridgehead atoms. The normalized spacial score (nSPS) is 10.6. The van der Waals surface area contributed by atoms with Gasteiger partial charge >= 0.3 is 0 Å². The van der Waals surface area contributed by atoms with Crippen LogP contribution in [-0.2, 0) is 0 Å². The van der Waals surface area contributed by atoms with Crippen molar-refractivity contribution < 1.29 is 0 Å². The maximum atomic E-state index is 8.13. The lowest BCUT2D eigenvalue weighted by molar-refractivity contribution is 1.22. The molecule has 5 heteroatoms. The Hall–Kier alpha value is -2.03. The number of hydrogen-bond donors (Lipinski definition) is 0. The van der Waals surface area contributed by atoms with E-state index in [9.17, 15) is 0 Å². The molecule has 0 radical (unpaired) electrons. The van der Waals surface area contributed by atoms with Crippen molar-refractivity contribution in [3.63, 3.8) is 0 Å². The maximum absolute atomic E-state index is 8.13. The molecule has 0 aliphatic heterocycles. The van der Waals surface area contributed by atoms with E-state index in [1.807, 2.05) is 36.4 Å². The maximum Gasteiger partial charge on any atom is 0.129 e. The van der Waals surface area contributed by atoms with E-state index in [2.05, 4.69) is 15.0 Å². The first-order valence-corrected chi connectivity index (χ1v) is 5.41. The number of halogens is 1. The van der Waals surface area contributed by atoms with Gasteiger partial charge in [-0.1, -0.05) is 34.9 Å². The van der Waals surface area contributed by atoms with E-state index in [4.69, 9.17) is 17.1 Å². The third-order valence-corrected chi connectivity index (χ3v) is 2.45. The molecule has 0 N–H and O–H groups in total.